The minimum Gasteiger partial charge on any atom is -0.508 e. The number of aromatic hydroxyl groups is 1. The van der Waals surface area contributed by atoms with Gasteiger partial charge in [0.25, 0.3) is 0 Å². The smallest absolute Gasteiger partial charge is 0.159 e. The zero-order valence-corrected chi connectivity index (χ0v) is 11.1. The third-order valence-corrected chi connectivity index (χ3v) is 3.72. The number of benzene rings is 1. The summed E-state index contributed by atoms with van der Waals surface area (Å²) in [6, 6.07) is 5.09. The standard InChI is InChI=1S/C15H21NO2/c1-11(17)13-6-7-15(18)14(8-13)10-16(2)9-12-4-3-5-12/h6-8,12,18H,3-5,9-10H2,1-2H3. The highest BCUT2D eigenvalue weighted by Crippen LogP contribution is 2.28. The molecule has 1 aliphatic carbocycles. The number of rotatable bonds is 5. The molecule has 1 aromatic rings. The topological polar surface area (TPSA) is 40.5 Å². The molecule has 0 aromatic heterocycles. The van der Waals surface area contributed by atoms with Gasteiger partial charge in [-0.15, -0.1) is 0 Å². The number of nitrogens with zero attached hydrogens (tertiary/aromatic N) is 1. The van der Waals surface area contributed by atoms with Crippen LogP contribution in [0.3, 0.4) is 0 Å². The molecule has 1 aliphatic rings. The van der Waals surface area contributed by atoms with Crippen LogP contribution in [-0.4, -0.2) is 29.4 Å². The normalized spacial score (nSPS) is 15.7. The lowest BCUT2D eigenvalue weighted by Gasteiger charge is -2.30. The molecule has 1 N–H and O–H groups in total. The second-order valence-electron chi connectivity index (χ2n) is 5.39. The molecule has 0 spiro atoms. The number of phenolic OH excluding ortho intramolecular Hbond substituents is 1. The van der Waals surface area contributed by atoms with E-state index in [1.54, 1.807) is 25.1 Å². The summed E-state index contributed by atoms with van der Waals surface area (Å²) in [5.74, 6) is 1.13. The van der Waals surface area contributed by atoms with Gasteiger partial charge in [-0.25, -0.2) is 0 Å². The largest absolute Gasteiger partial charge is 0.508 e. The average Bonchev–Trinajstić information content (AvgIpc) is 2.26. The zero-order chi connectivity index (χ0) is 13.1. The van der Waals surface area contributed by atoms with Crippen LogP contribution < -0.4 is 0 Å². The number of carbonyl (C=O) groups is 1. The molecule has 2 rings (SSSR count). The number of hydrogen-bond donors (Lipinski definition) is 1. The lowest BCUT2D eigenvalue weighted by atomic mass is 9.85. The molecule has 1 aromatic carbocycles. The van der Waals surface area contributed by atoms with Crippen molar-refractivity contribution < 1.29 is 9.90 Å². The van der Waals surface area contributed by atoms with Crippen LogP contribution in [0.1, 0.15) is 42.1 Å². The van der Waals surface area contributed by atoms with Crippen molar-refractivity contribution in [3.8, 4) is 5.75 Å². The highest BCUT2D eigenvalue weighted by Gasteiger charge is 2.19. The molecule has 0 amide bonds. The molecule has 18 heavy (non-hydrogen) atoms. The van der Waals surface area contributed by atoms with E-state index in [4.69, 9.17) is 0 Å². The van der Waals surface area contributed by atoms with Gasteiger partial charge in [-0.3, -0.25) is 4.79 Å². The Bertz CT molecular complexity index is 438. The van der Waals surface area contributed by atoms with Gasteiger partial charge in [-0.2, -0.15) is 0 Å². The van der Waals surface area contributed by atoms with E-state index < -0.39 is 0 Å². The number of carbonyl (C=O) groups excluding carboxylic acids is 1. The molecular weight excluding hydrogens is 226 g/mol. The first-order valence-electron chi connectivity index (χ1n) is 6.57. The Kier molecular flexibility index (Phi) is 4.02. The summed E-state index contributed by atoms with van der Waals surface area (Å²) in [6.45, 7) is 3.32. The maximum Gasteiger partial charge on any atom is 0.159 e. The Balaban J connectivity index is 2.02. The summed E-state index contributed by atoms with van der Waals surface area (Å²) >= 11 is 0. The van der Waals surface area contributed by atoms with Crippen LogP contribution in [0.4, 0.5) is 0 Å². The highest BCUT2D eigenvalue weighted by molar-refractivity contribution is 5.94. The van der Waals surface area contributed by atoms with Gasteiger partial charge in [0.15, 0.2) is 5.78 Å². The van der Waals surface area contributed by atoms with Crippen molar-refractivity contribution >= 4 is 5.78 Å². The molecule has 1 saturated carbocycles. The quantitative estimate of drug-likeness (QED) is 0.813. The second kappa shape index (κ2) is 5.53. The van der Waals surface area contributed by atoms with Crippen LogP contribution in [0.15, 0.2) is 18.2 Å². The first kappa shape index (κ1) is 13.1. The lowest BCUT2D eigenvalue weighted by molar-refractivity contribution is 0.101. The van der Waals surface area contributed by atoms with Crippen LogP contribution in [0.5, 0.6) is 5.75 Å². The Morgan fingerprint density at radius 3 is 2.72 bits per heavy atom. The lowest BCUT2D eigenvalue weighted by Crippen LogP contribution is -2.29. The first-order valence-corrected chi connectivity index (χ1v) is 6.57. The molecular formula is C15H21NO2. The van der Waals surface area contributed by atoms with Crippen LogP contribution >= 0.6 is 0 Å². The molecule has 1 fully saturated rings. The Morgan fingerprint density at radius 1 is 1.44 bits per heavy atom. The maximum atomic E-state index is 11.3. The van der Waals surface area contributed by atoms with Crippen molar-refractivity contribution in [1.29, 1.82) is 0 Å². The number of Topliss-reactive ketones (excluding diaryl/α,β-unsaturated/α-hetero) is 1. The van der Waals surface area contributed by atoms with Crippen molar-refractivity contribution in [3.05, 3.63) is 29.3 Å². The predicted molar refractivity (Wildman–Crippen MR) is 71.8 cm³/mol. The molecule has 0 radical (unpaired) electrons. The van der Waals surface area contributed by atoms with Gasteiger partial charge in [0.1, 0.15) is 5.75 Å². The molecule has 98 valence electrons. The minimum absolute atomic E-state index is 0.0397. The van der Waals surface area contributed by atoms with Gasteiger partial charge >= 0.3 is 0 Å². The number of phenols is 1. The zero-order valence-electron chi connectivity index (χ0n) is 11.1. The van der Waals surface area contributed by atoms with E-state index in [1.807, 2.05) is 0 Å². The summed E-state index contributed by atoms with van der Waals surface area (Å²) in [4.78, 5) is 13.6. The van der Waals surface area contributed by atoms with E-state index in [0.717, 1.165) is 18.0 Å². The van der Waals surface area contributed by atoms with E-state index in [0.29, 0.717) is 12.1 Å². The Labute approximate surface area is 108 Å². The van der Waals surface area contributed by atoms with E-state index in [2.05, 4.69) is 11.9 Å². The highest BCUT2D eigenvalue weighted by atomic mass is 16.3. The van der Waals surface area contributed by atoms with Gasteiger partial charge in [0, 0.05) is 24.2 Å². The minimum atomic E-state index is 0.0397. The summed E-state index contributed by atoms with van der Waals surface area (Å²) < 4.78 is 0. The van der Waals surface area contributed by atoms with Gasteiger partial charge in [-0.1, -0.05) is 6.42 Å². The fourth-order valence-electron chi connectivity index (χ4n) is 2.40. The molecule has 0 bridgehead atoms. The molecule has 3 heteroatoms. The van der Waals surface area contributed by atoms with Crippen LogP contribution in [0.25, 0.3) is 0 Å². The SMILES string of the molecule is CC(=O)c1ccc(O)c(CN(C)CC2CCC2)c1. The third kappa shape index (κ3) is 3.10. The van der Waals surface area contributed by atoms with E-state index in [-0.39, 0.29) is 11.5 Å². The predicted octanol–water partition coefficient (Wildman–Crippen LogP) is 2.83. The van der Waals surface area contributed by atoms with Crippen molar-refractivity contribution in [2.75, 3.05) is 13.6 Å². The van der Waals surface area contributed by atoms with Crippen LogP contribution in [0.2, 0.25) is 0 Å². The van der Waals surface area contributed by atoms with Crippen molar-refractivity contribution in [2.24, 2.45) is 5.92 Å². The first-order chi connectivity index (χ1) is 8.56. The van der Waals surface area contributed by atoms with Crippen molar-refractivity contribution in [1.82, 2.24) is 4.90 Å². The van der Waals surface area contributed by atoms with E-state index in [9.17, 15) is 9.90 Å². The third-order valence-electron chi connectivity index (χ3n) is 3.72. The maximum absolute atomic E-state index is 11.3. The van der Waals surface area contributed by atoms with Crippen molar-refractivity contribution in [3.63, 3.8) is 0 Å². The van der Waals surface area contributed by atoms with E-state index >= 15 is 0 Å². The molecule has 0 aliphatic heterocycles. The summed E-state index contributed by atoms with van der Waals surface area (Å²) in [5, 5.41) is 9.83. The molecule has 0 heterocycles. The Hall–Kier alpha value is -1.35. The fourth-order valence-corrected chi connectivity index (χ4v) is 2.40. The van der Waals surface area contributed by atoms with Crippen molar-refractivity contribution in [2.45, 2.75) is 32.7 Å². The number of ketones is 1. The molecule has 0 saturated heterocycles. The van der Waals surface area contributed by atoms with Crippen LogP contribution in [0, 0.1) is 5.92 Å². The monoisotopic (exact) mass is 247 g/mol. The van der Waals surface area contributed by atoms with Crippen LogP contribution in [-0.2, 0) is 6.54 Å². The van der Waals surface area contributed by atoms with E-state index in [1.165, 1.54) is 19.3 Å². The average molecular weight is 247 g/mol. The summed E-state index contributed by atoms with van der Waals surface area (Å²) in [5.41, 5.74) is 1.50. The fraction of sp³-hybridized carbons (Fsp3) is 0.533. The molecule has 0 unspecified atom stereocenters. The summed E-state index contributed by atoms with van der Waals surface area (Å²) in [7, 11) is 2.07. The Morgan fingerprint density at radius 2 is 2.17 bits per heavy atom. The summed E-state index contributed by atoms with van der Waals surface area (Å²) in [6.07, 6.45) is 4.00. The van der Waals surface area contributed by atoms with Gasteiger partial charge in [0.05, 0.1) is 0 Å². The van der Waals surface area contributed by atoms with Gasteiger partial charge < -0.3 is 10.0 Å². The molecule has 0 atom stereocenters. The van der Waals surface area contributed by atoms with Gasteiger partial charge in [0.2, 0.25) is 0 Å². The second-order valence-corrected chi connectivity index (χ2v) is 5.39. The van der Waals surface area contributed by atoms with Gasteiger partial charge in [-0.05, 0) is 50.9 Å². The number of hydrogen-bond acceptors (Lipinski definition) is 3. The molecule has 3 nitrogen and oxygen atoms in total.